The van der Waals surface area contributed by atoms with Crippen molar-refractivity contribution in [2.24, 2.45) is 5.73 Å². The van der Waals surface area contributed by atoms with Crippen molar-refractivity contribution < 1.29 is 9.53 Å². The van der Waals surface area contributed by atoms with Gasteiger partial charge in [-0.1, -0.05) is 86.5 Å². The lowest BCUT2D eigenvalue weighted by atomic mass is 9.83. The maximum Gasteiger partial charge on any atom is 0.407 e. The molecule has 8 heterocycles. The summed E-state index contributed by atoms with van der Waals surface area (Å²) < 4.78 is 4.93. The van der Waals surface area contributed by atoms with Gasteiger partial charge in [0.15, 0.2) is 17.5 Å². The summed E-state index contributed by atoms with van der Waals surface area (Å²) in [6, 6.07) is 32.1. The van der Waals surface area contributed by atoms with Gasteiger partial charge in [0.05, 0.1) is 12.5 Å². The van der Waals surface area contributed by atoms with Gasteiger partial charge < -0.3 is 64.0 Å². The Labute approximate surface area is 659 Å². The van der Waals surface area contributed by atoms with Crippen LogP contribution in [-0.4, -0.2) is 119 Å². The van der Waals surface area contributed by atoms with Gasteiger partial charge >= 0.3 is 6.09 Å². The van der Waals surface area contributed by atoms with Crippen LogP contribution in [0.15, 0.2) is 97.1 Å². The second-order valence-corrected chi connectivity index (χ2v) is 28.7. The van der Waals surface area contributed by atoms with Gasteiger partial charge in [-0.25, -0.2) is 41.3 Å². The van der Waals surface area contributed by atoms with E-state index in [0.29, 0.717) is 84.1 Å². The molecule has 578 valence electrons. The van der Waals surface area contributed by atoms with Gasteiger partial charge in [-0.05, 0) is 157 Å². The van der Waals surface area contributed by atoms with Crippen LogP contribution in [0.2, 0.25) is 26.0 Å². The number of aryl methyl sites for hydroxylation is 1. The molecule has 109 heavy (non-hydrogen) atoms. The van der Waals surface area contributed by atoms with Crippen molar-refractivity contribution in [1.82, 2.24) is 86.0 Å². The van der Waals surface area contributed by atoms with Crippen molar-refractivity contribution in [3.63, 3.8) is 0 Å². The Morgan fingerprint density at radius 1 is 0.541 bits per heavy atom. The standard InChI is InChI=1S/C22H26N8.C15H22N6.C11H11Cl2N5.C8H8N2.C7H11N3.C7H16N2O2.C4HCl3N2/c1-2-12-24-19-14-20(26-21-13-18(29-30-21)16-4-3-5-16)28-22(27-19)25-17-8-6-15(7-9-17)10-11-23;1-3-7-16-13-9-14(18-10(2)17-13)19-15-8-12(20-21-15)11-5-4-6-11;12-8-5-9(16-11(13)14-8)15-10-4-7(17-18-10)6-2-1-3-6;1-10-6-7-2-4-8(9)5-3-7;8-7-4-6(9-10-7)5-2-1-3-5;1-7(2,3)11-6(10)9-5-4-8;5-2-1-3(6)9-4(7)8-2/h6-9,13-14,16H,2-5,10,12H2,1H3,(H4,24,25,26,27,28,29,30);8-9,11H,3-7H2,1-2H3,(H3,16,17,18,19,20,21);4-6H,1-3H2,(H2,14,15,16,17,18);2-5H,6,9H2;4-5H,1-3H2,(H3,8,9,10);4-5,8H2,1-3H3,(H,9,10);1H. The molecule has 30 nitrogen and oxygen atoms in total. The molecule has 0 atom stereocenters. The summed E-state index contributed by atoms with van der Waals surface area (Å²) in [6.07, 6.45) is 17.3. The number of halogens is 5. The topological polar surface area (TPSA) is 435 Å². The van der Waals surface area contributed by atoms with Crippen LogP contribution in [0.25, 0.3) is 4.85 Å². The Balaban J connectivity index is 0.000000168. The summed E-state index contributed by atoms with van der Waals surface area (Å²) in [5.74, 6) is 10.3. The third kappa shape index (κ3) is 30.0. The minimum atomic E-state index is -0.432. The number of H-pyrrole nitrogens is 4. The highest BCUT2D eigenvalue weighted by atomic mass is 35.5. The van der Waals surface area contributed by atoms with Crippen LogP contribution in [0, 0.1) is 24.8 Å². The van der Waals surface area contributed by atoms with Crippen LogP contribution >= 0.6 is 58.0 Å². The number of alkyl carbamates (subject to hydrolysis) is 1. The number of nitrogens with zero attached hydrogens (tertiary/aromatic N) is 14. The van der Waals surface area contributed by atoms with E-state index >= 15 is 0 Å². The molecule has 8 aromatic heterocycles. The average molecular weight is 1590 g/mol. The molecule has 2 aromatic carbocycles. The fraction of sp³-hybridized carbons (Fsp3) is 0.419. The molecule has 4 aliphatic carbocycles. The van der Waals surface area contributed by atoms with Gasteiger partial charge in [0.2, 0.25) is 23.1 Å². The van der Waals surface area contributed by atoms with Crippen molar-refractivity contribution in [2.45, 2.75) is 174 Å². The van der Waals surface area contributed by atoms with E-state index in [9.17, 15) is 4.79 Å². The number of rotatable bonds is 22. The molecule has 0 unspecified atom stereocenters. The minimum Gasteiger partial charge on any atom is -0.444 e. The van der Waals surface area contributed by atoms with Crippen molar-refractivity contribution in [2.75, 3.05) is 69.5 Å². The summed E-state index contributed by atoms with van der Waals surface area (Å²) >= 11 is 27.7. The van der Waals surface area contributed by atoms with Gasteiger partial charge in [-0.15, -0.1) is 0 Å². The smallest absolute Gasteiger partial charge is 0.407 e. The van der Waals surface area contributed by atoms with E-state index in [2.05, 4.69) is 155 Å². The first-order chi connectivity index (χ1) is 52.5. The Bertz CT molecular complexity index is 4430. The molecule has 0 saturated heterocycles. The summed E-state index contributed by atoms with van der Waals surface area (Å²) in [5, 5.41) is 60.7. The SMILES string of the molecule is CC(C)(C)OC(=O)NCCN.CCCNc1cc(Nc2cc(C3CCC3)[nH]n2)nc(C)n1.CCCNc1cc(Nc2cc(C3CCC3)[nH]n2)nc(Nc2ccc(CC#N)cc2)n1.Clc1cc(Cl)nc(Cl)n1.Clc1cc(Nc2cc(C3CCC3)[nH]n2)nc(Cl)n1.Nc1cc(C2CCC2)[nH]n1.[C-]#[N+]Cc1ccc(N)cc1. The normalized spacial score (nSPS) is 13.5. The van der Waals surface area contributed by atoms with Gasteiger partial charge in [-0.3, -0.25) is 20.4 Å². The summed E-state index contributed by atoms with van der Waals surface area (Å²) in [6.45, 7) is 21.2. The number of aromatic nitrogens is 16. The lowest BCUT2D eigenvalue weighted by molar-refractivity contribution is 0.0529. The van der Waals surface area contributed by atoms with E-state index < -0.39 is 11.7 Å². The van der Waals surface area contributed by atoms with Crippen LogP contribution in [0.3, 0.4) is 0 Å². The quantitative estimate of drug-likeness (QED) is 0.0130. The first-order valence-electron chi connectivity index (χ1n) is 36.1. The molecule has 0 bridgehead atoms. The van der Waals surface area contributed by atoms with E-state index in [4.69, 9.17) is 91.8 Å². The number of anilines is 12. The number of benzene rings is 2. The predicted molar refractivity (Wildman–Crippen MR) is 434 cm³/mol. The molecular formula is C74H95Cl5N28O2. The first-order valence-corrected chi connectivity index (χ1v) is 38.0. The number of nitrogen functional groups attached to an aromatic ring is 2. The number of hydrogen-bond acceptors (Lipinski definition) is 24. The van der Waals surface area contributed by atoms with Gasteiger partial charge in [-0.2, -0.15) is 35.6 Å². The number of nitrogens with two attached hydrogens (primary N) is 3. The van der Waals surface area contributed by atoms with Crippen molar-refractivity contribution in [3.05, 3.63) is 174 Å². The van der Waals surface area contributed by atoms with Crippen LogP contribution in [-0.2, 0) is 17.7 Å². The van der Waals surface area contributed by atoms with E-state index in [1.807, 2.05) is 88.4 Å². The van der Waals surface area contributed by atoms with Gasteiger partial charge in [0, 0.05) is 138 Å². The van der Waals surface area contributed by atoms with Crippen molar-refractivity contribution in [1.29, 1.82) is 5.26 Å². The molecule has 17 N–H and O–H groups in total. The second-order valence-electron chi connectivity index (χ2n) is 26.8. The Morgan fingerprint density at radius 2 is 0.963 bits per heavy atom. The number of hydrogen-bond donors (Lipinski definition) is 14. The maximum atomic E-state index is 10.8. The molecular weight excluding hydrogens is 1490 g/mol. The van der Waals surface area contributed by atoms with Crippen LogP contribution in [0.4, 0.5) is 74.5 Å². The molecule has 0 radical (unpaired) electrons. The van der Waals surface area contributed by atoms with E-state index in [0.717, 1.165) is 89.0 Å². The molecule has 0 spiro atoms. The van der Waals surface area contributed by atoms with E-state index in [1.165, 1.54) is 100 Å². The van der Waals surface area contributed by atoms with E-state index in [1.54, 1.807) is 18.2 Å². The number of nitrogens with one attached hydrogen (secondary N) is 11. The summed E-state index contributed by atoms with van der Waals surface area (Å²) in [7, 11) is 0. The highest BCUT2D eigenvalue weighted by molar-refractivity contribution is 6.35. The maximum absolute atomic E-state index is 10.8. The average Bonchev–Trinajstić information content (AvgIpc) is 1.70. The molecule has 4 fully saturated rings. The molecule has 4 aliphatic rings. The predicted octanol–water partition coefficient (Wildman–Crippen LogP) is 17.6. The van der Waals surface area contributed by atoms with E-state index in [-0.39, 0.29) is 20.9 Å². The zero-order valence-corrected chi connectivity index (χ0v) is 65.7. The Kier molecular flexibility index (Phi) is 33.7. The number of aromatic amines is 4. The lowest BCUT2D eigenvalue weighted by Crippen LogP contribution is -2.35. The number of carbonyl (C=O) groups is 1. The first kappa shape index (κ1) is 84.3. The van der Waals surface area contributed by atoms with Gasteiger partial charge in [0.25, 0.3) is 0 Å². The van der Waals surface area contributed by atoms with Crippen LogP contribution < -0.4 is 54.4 Å². The zero-order valence-electron chi connectivity index (χ0n) is 61.9. The monoisotopic (exact) mass is 1580 g/mol. The minimum absolute atomic E-state index is 0.0625. The highest BCUT2D eigenvalue weighted by Crippen LogP contribution is 2.39. The fourth-order valence-corrected chi connectivity index (χ4v) is 11.6. The lowest BCUT2D eigenvalue weighted by Gasteiger charge is -2.23. The summed E-state index contributed by atoms with van der Waals surface area (Å²) in [5.41, 5.74) is 24.0. The number of ether oxygens (including phenoxy) is 1. The number of nitriles is 1. The molecule has 35 heteroatoms. The van der Waals surface area contributed by atoms with Gasteiger partial charge in [0.1, 0.15) is 61.8 Å². The van der Waals surface area contributed by atoms with Crippen LogP contribution in [0.1, 0.15) is 188 Å². The second kappa shape index (κ2) is 43.6. The number of amides is 1. The Morgan fingerprint density at radius 3 is 1.38 bits per heavy atom. The number of carbonyl (C=O) groups excluding carboxylic acids is 1. The van der Waals surface area contributed by atoms with Crippen LogP contribution in [0.5, 0.6) is 0 Å². The molecule has 0 aliphatic heterocycles. The molecule has 1 amide bonds. The zero-order chi connectivity index (χ0) is 78.1. The molecule has 4 saturated carbocycles. The highest BCUT2D eigenvalue weighted by Gasteiger charge is 2.25. The van der Waals surface area contributed by atoms with Crippen molar-refractivity contribution in [3.8, 4) is 6.07 Å². The third-order valence-corrected chi connectivity index (χ3v) is 17.8. The third-order valence-electron chi connectivity index (χ3n) is 16.9. The largest absolute Gasteiger partial charge is 0.444 e. The Hall–Kier alpha value is -10.3. The van der Waals surface area contributed by atoms with Crippen molar-refractivity contribution >= 4 is 134 Å². The summed E-state index contributed by atoms with van der Waals surface area (Å²) in [4.78, 5) is 47.0. The fourth-order valence-electron chi connectivity index (χ4n) is 10.5. The molecule has 14 rings (SSSR count). The molecule has 10 aromatic rings.